The van der Waals surface area contributed by atoms with Gasteiger partial charge >= 0.3 is 5.97 Å². The van der Waals surface area contributed by atoms with Gasteiger partial charge in [0.25, 0.3) is 0 Å². The van der Waals surface area contributed by atoms with Crippen LogP contribution in [0.25, 0.3) is 0 Å². The summed E-state index contributed by atoms with van der Waals surface area (Å²) >= 11 is 1.47. The fraction of sp³-hybridized carbons (Fsp3) is 0.615. The van der Waals surface area contributed by atoms with Gasteiger partial charge in [0.1, 0.15) is 6.04 Å². The van der Waals surface area contributed by atoms with Gasteiger partial charge in [-0.05, 0) is 20.3 Å². The van der Waals surface area contributed by atoms with Crippen molar-refractivity contribution in [1.82, 2.24) is 9.88 Å². The minimum absolute atomic E-state index is 0.0401. The van der Waals surface area contributed by atoms with Crippen molar-refractivity contribution in [2.45, 2.75) is 31.7 Å². The molecular formula is C13H19N3O3S. The summed E-state index contributed by atoms with van der Waals surface area (Å²) in [6.07, 6.45) is 2.42. The highest BCUT2D eigenvalue weighted by Gasteiger charge is 2.48. The Morgan fingerprint density at radius 1 is 1.65 bits per heavy atom. The van der Waals surface area contributed by atoms with Gasteiger partial charge in [-0.25, -0.2) is 9.78 Å². The van der Waals surface area contributed by atoms with Crippen LogP contribution in [0.15, 0.2) is 6.20 Å². The van der Waals surface area contributed by atoms with E-state index in [4.69, 9.17) is 4.74 Å². The van der Waals surface area contributed by atoms with Crippen LogP contribution >= 0.6 is 11.3 Å². The zero-order chi connectivity index (χ0) is 14.9. The van der Waals surface area contributed by atoms with Crippen LogP contribution < -0.4 is 5.32 Å². The van der Waals surface area contributed by atoms with Gasteiger partial charge in [0.2, 0.25) is 5.91 Å². The Morgan fingerprint density at radius 3 is 2.90 bits per heavy atom. The lowest BCUT2D eigenvalue weighted by atomic mass is 9.87. The first-order valence-corrected chi connectivity index (χ1v) is 7.28. The molecule has 0 saturated carbocycles. The molecule has 2 rings (SSSR count). The molecule has 2 atom stereocenters. The van der Waals surface area contributed by atoms with Gasteiger partial charge in [-0.15, -0.1) is 11.3 Å². The number of likely N-dealkylation sites (tertiary alicyclic amines) is 1. The maximum atomic E-state index is 12.7. The number of anilines is 1. The van der Waals surface area contributed by atoms with Gasteiger partial charge in [-0.3, -0.25) is 4.79 Å². The largest absolute Gasteiger partial charge is 0.467 e. The van der Waals surface area contributed by atoms with Gasteiger partial charge < -0.3 is 15.0 Å². The summed E-state index contributed by atoms with van der Waals surface area (Å²) in [5.74, 6) is -0.426. The van der Waals surface area contributed by atoms with Gasteiger partial charge in [-0.2, -0.15) is 0 Å². The number of thiazole rings is 1. The van der Waals surface area contributed by atoms with E-state index in [1.165, 1.54) is 18.4 Å². The molecule has 1 unspecified atom stereocenters. The number of ether oxygens (including phenoxy) is 1. The van der Waals surface area contributed by atoms with Gasteiger partial charge in [0.05, 0.1) is 12.5 Å². The van der Waals surface area contributed by atoms with Crippen LogP contribution in [0.2, 0.25) is 0 Å². The van der Waals surface area contributed by atoms with Gasteiger partial charge in [0.15, 0.2) is 5.13 Å². The molecule has 1 saturated heterocycles. The second-order valence-corrected chi connectivity index (χ2v) is 6.09. The van der Waals surface area contributed by atoms with Gasteiger partial charge in [-0.1, -0.05) is 0 Å². The Balaban J connectivity index is 2.23. The predicted octanol–water partition coefficient (Wildman–Crippen LogP) is 1.24. The number of rotatable bonds is 4. The molecule has 110 valence electrons. The Labute approximate surface area is 122 Å². The predicted molar refractivity (Wildman–Crippen MR) is 76.8 cm³/mol. The maximum absolute atomic E-state index is 12.7. The van der Waals surface area contributed by atoms with Crippen molar-refractivity contribution in [2.24, 2.45) is 0 Å². The summed E-state index contributed by atoms with van der Waals surface area (Å²) in [6, 6.07) is -0.550. The lowest BCUT2D eigenvalue weighted by Crippen LogP contribution is -2.44. The molecule has 2 heterocycles. The van der Waals surface area contributed by atoms with Crippen LogP contribution in [0.1, 0.15) is 25.1 Å². The minimum Gasteiger partial charge on any atom is -0.467 e. The first-order valence-electron chi connectivity index (χ1n) is 6.47. The Bertz CT molecular complexity index is 531. The number of nitrogens with zero attached hydrogens (tertiary/aromatic N) is 2. The van der Waals surface area contributed by atoms with E-state index in [1.54, 1.807) is 25.1 Å². The highest BCUT2D eigenvalue weighted by molar-refractivity contribution is 7.15. The fourth-order valence-corrected chi connectivity index (χ4v) is 3.35. The number of nitrogens with one attached hydrogen (secondary N) is 1. The average molecular weight is 297 g/mol. The van der Waals surface area contributed by atoms with E-state index in [0.29, 0.717) is 13.0 Å². The summed E-state index contributed by atoms with van der Waals surface area (Å²) in [6.45, 7) is 4.16. The lowest BCUT2D eigenvalue weighted by Gasteiger charge is -2.25. The molecule has 0 aromatic carbocycles. The van der Waals surface area contributed by atoms with E-state index in [1.807, 2.05) is 6.92 Å². The van der Waals surface area contributed by atoms with E-state index in [0.717, 1.165) is 10.0 Å². The van der Waals surface area contributed by atoms with Crippen LogP contribution in [-0.4, -0.2) is 48.5 Å². The van der Waals surface area contributed by atoms with E-state index < -0.39 is 11.5 Å². The zero-order valence-corrected chi connectivity index (χ0v) is 12.9. The fourth-order valence-electron chi connectivity index (χ4n) is 2.41. The molecule has 1 N–H and O–H groups in total. The Morgan fingerprint density at radius 2 is 2.35 bits per heavy atom. The van der Waals surface area contributed by atoms with Crippen LogP contribution in [-0.2, 0) is 19.7 Å². The van der Waals surface area contributed by atoms with Crippen molar-refractivity contribution in [3.8, 4) is 0 Å². The second kappa shape index (κ2) is 5.40. The standard InChI is InChI=1S/C13H19N3O3S/c1-8(10(17)19-4)16-6-5-13(2,11(16)18)9-7-15-12(14-3)20-9/h7-8H,5-6H2,1-4H3,(H,14,15)/t8-,13?/m1/s1. The second-order valence-electron chi connectivity index (χ2n) is 5.06. The highest BCUT2D eigenvalue weighted by atomic mass is 32.1. The average Bonchev–Trinajstić information content (AvgIpc) is 3.04. The van der Waals surface area contributed by atoms with Gasteiger partial charge in [0, 0.05) is 24.7 Å². The molecule has 0 spiro atoms. The lowest BCUT2D eigenvalue weighted by molar-refractivity contribution is -0.151. The molecule has 0 aliphatic carbocycles. The van der Waals surface area contributed by atoms with Crippen molar-refractivity contribution in [3.05, 3.63) is 11.1 Å². The number of carbonyl (C=O) groups excluding carboxylic acids is 2. The minimum atomic E-state index is -0.602. The van der Waals surface area contributed by atoms with Crippen molar-refractivity contribution in [1.29, 1.82) is 0 Å². The number of hydrogen-bond donors (Lipinski definition) is 1. The summed E-state index contributed by atoms with van der Waals surface area (Å²) < 4.78 is 4.72. The van der Waals surface area contributed by atoms with Crippen LogP contribution in [0.3, 0.4) is 0 Å². The van der Waals surface area contributed by atoms with Crippen molar-refractivity contribution >= 4 is 28.3 Å². The van der Waals surface area contributed by atoms with Crippen LogP contribution in [0.5, 0.6) is 0 Å². The van der Waals surface area contributed by atoms with Crippen LogP contribution in [0, 0.1) is 0 Å². The van der Waals surface area contributed by atoms with E-state index in [2.05, 4.69) is 10.3 Å². The number of methoxy groups -OCH3 is 1. The summed E-state index contributed by atoms with van der Waals surface area (Å²) in [4.78, 5) is 31.0. The molecule has 1 fully saturated rings. The molecule has 1 aromatic rings. The van der Waals surface area contributed by atoms with Crippen molar-refractivity contribution < 1.29 is 14.3 Å². The van der Waals surface area contributed by atoms with E-state index in [9.17, 15) is 9.59 Å². The zero-order valence-electron chi connectivity index (χ0n) is 12.1. The third-order valence-corrected chi connectivity index (χ3v) is 5.14. The molecule has 7 heteroatoms. The molecule has 1 aromatic heterocycles. The topological polar surface area (TPSA) is 71.5 Å². The molecular weight excluding hydrogens is 278 g/mol. The summed E-state index contributed by atoms with van der Waals surface area (Å²) in [7, 11) is 3.13. The molecule has 1 aliphatic rings. The molecule has 0 bridgehead atoms. The third-order valence-electron chi connectivity index (χ3n) is 3.86. The van der Waals surface area contributed by atoms with E-state index in [-0.39, 0.29) is 11.9 Å². The maximum Gasteiger partial charge on any atom is 0.328 e. The van der Waals surface area contributed by atoms with Crippen molar-refractivity contribution in [2.75, 3.05) is 26.0 Å². The summed E-state index contributed by atoms with van der Waals surface area (Å²) in [5.41, 5.74) is -0.602. The smallest absolute Gasteiger partial charge is 0.328 e. The first-order chi connectivity index (χ1) is 9.43. The molecule has 1 aliphatic heterocycles. The van der Waals surface area contributed by atoms with E-state index >= 15 is 0 Å². The third kappa shape index (κ3) is 2.26. The molecule has 1 amide bonds. The SMILES string of the molecule is CNc1ncc(C2(C)CCN([C@H](C)C(=O)OC)C2=O)s1. The highest BCUT2D eigenvalue weighted by Crippen LogP contribution is 2.40. The Kier molecular flexibility index (Phi) is 3.99. The van der Waals surface area contributed by atoms with Crippen LogP contribution in [0.4, 0.5) is 5.13 Å². The number of carbonyl (C=O) groups is 2. The Hall–Kier alpha value is -1.63. The van der Waals surface area contributed by atoms with Crippen molar-refractivity contribution in [3.63, 3.8) is 0 Å². The molecule has 20 heavy (non-hydrogen) atoms. The molecule has 0 radical (unpaired) electrons. The monoisotopic (exact) mass is 297 g/mol. The number of esters is 1. The molecule has 6 nitrogen and oxygen atoms in total. The number of amides is 1. The first kappa shape index (κ1) is 14.8. The quantitative estimate of drug-likeness (QED) is 0.847. The number of aromatic nitrogens is 1. The normalized spacial score (nSPS) is 23.8. The number of hydrogen-bond acceptors (Lipinski definition) is 6. The summed E-state index contributed by atoms with van der Waals surface area (Å²) in [5, 5.41) is 3.76.